The van der Waals surface area contributed by atoms with Crippen molar-refractivity contribution < 1.29 is 9.50 Å². The maximum Gasteiger partial charge on any atom is 0.146 e. The largest absolute Gasteiger partial charge is 0.392 e. The molecule has 0 amide bonds. The van der Waals surface area contributed by atoms with E-state index in [-0.39, 0.29) is 12.4 Å². The van der Waals surface area contributed by atoms with E-state index in [0.29, 0.717) is 23.7 Å². The summed E-state index contributed by atoms with van der Waals surface area (Å²) < 4.78 is 13.9. The van der Waals surface area contributed by atoms with Crippen molar-refractivity contribution in [2.45, 2.75) is 19.4 Å². The molecule has 2 rings (SSSR count). The number of aliphatic hydroxyl groups is 1. The molecule has 0 spiro atoms. The van der Waals surface area contributed by atoms with Crippen LogP contribution in [0.1, 0.15) is 18.4 Å². The Kier molecular flexibility index (Phi) is 3.65. The van der Waals surface area contributed by atoms with Gasteiger partial charge in [0.25, 0.3) is 0 Å². The lowest BCUT2D eigenvalue weighted by molar-refractivity contribution is 0.281. The number of terminal acetylenes is 1. The number of rotatable bonds is 5. The van der Waals surface area contributed by atoms with Crippen LogP contribution in [0.3, 0.4) is 0 Å². The lowest BCUT2D eigenvalue weighted by atomic mass is 10.2. The maximum atomic E-state index is 13.9. The second kappa shape index (κ2) is 5.20. The second-order valence-corrected chi connectivity index (χ2v) is 4.47. The Balaban J connectivity index is 2.19. The van der Waals surface area contributed by atoms with Crippen LogP contribution in [0.2, 0.25) is 0 Å². The van der Waals surface area contributed by atoms with E-state index in [1.54, 1.807) is 12.1 Å². The standard InChI is InChI=1S/C14H16FNO/c1-2-7-16(9-11-3-4-11)14-6-5-12(10-17)8-13(14)15/h1,5-6,8,11,17H,3-4,7,9-10H2. The smallest absolute Gasteiger partial charge is 0.146 e. The van der Waals surface area contributed by atoms with Gasteiger partial charge in [0.15, 0.2) is 0 Å². The summed E-state index contributed by atoms with van der Waals surface area (Å²) in [6, 6.07) is 4.79. The molecule has 1 N–H and O–H groups in total. The van der Waals surface area contributed by atoms with E-state index in [4.69, 9.17) is 11.5 Å². The highest BCUT2D eigenvalue weighted by molar-refractivity contribution is 5.50. The van der Waals surface area contributed by atoms with Gasteiger partial charge in [-0.2, -0.15) is 0 Å². The topological polar surface area (TPSA) is 23.5 Å². The molecule has 90 valence electrons. The van der Waals surface area contributed by atoms with E-state index >= 15 is 0 Å². The van der Waals surface area contributed by atoms with Gasteiger partial charge in [-0.25, -0.2) is 4.39 Å². The molecule has 0 saturated heterocycles. The molecule has 1 aliphatic rings. The molecule has 1 fully saturated rings. The number of hydrogen-bond acceptors (Lipinski definition) is 2. The third kappa shape index (κ3) is 2.98. The van der Waals surface area contributed by atoms with Crippen molar-refractivity contribution in [2.24, 2.45) is 5.92 Å². The van der Waals surface area contributed by atoms with Gasteiger partial charge in [0, 0.05) is 6.54 Å². The van der Waals surface area contributed by atoms with Gasteiger partial charge in [0.2, 0.25) is 0 Å². The van der Waals surface area contributed by atoms with Crippen LogP contribution in [0.25, 0.3) is 0 Å². The molecular weight excluding hydrogens is 217 g/mol. The predicted molar refractivity (Wildman–Crippen MR) is 66.1 cm³/mol. The summed E-state index contributed by atoms with van der Waals surface area (Å²) in [6.45, 7) is 1.10. The Hall–Kier alpha value is -1.53. The van der Waals surface area contributed by atoms with Crippen molar-refractivity contribution in [2.75, 3.05) is 18.0 Å². The highest BCUT2D eigenvalue weighted by atomic mass is 19.1. The van der Waals surface area contributed by atoms with Crippen molar-refractivity contribution >= 4 is 5.69 Å². The summed E-state index contributed by atoms with van der Waals surface area (Å²) in [6.07, 6.45) is 7.73. The van der Waals surface area contributed by atoms with Crippen LogP contribution >= 0.6 is 0 Å². The summed E-state index contributed by atoms with van der Waals surface area (Å²) >= 11 is 0. The Morgan fingerprint density at radius 1 is 1.47 bits per heavy atom. The van der Waals surface area contributed by atoms with Crippen LogP contribution in [0.15, 0.2) is 18.2 Å². The van der Waals surface area contributed by atoms with Crippen molar-refractivity contribution in [3.05, 3.63) is 29.6 Å². The molecular formula is C14H16FNO. The first-order valence-electron chi connectivity index (χ1n) is 5.82. The lowest BCUT2D eigenvalue weighted by Crippen LogP contribution is -2.27. The zero-order valence-corrected chi connectivity index (χ0v) is 9.69. The van der Waals surface area contributed by atoms with Crippen LogP contribution in [0, 0.1) is 24.1 Å². The first-order chi connectivity index (χ1) is 8.24. The third-order valence-corrected chi connectivity index (χ3v) is 2.99. The molecule has 1 aliphatic carbocycles. The molecule has 0 bridgehead atoms. The molecule has 1 saturated carbocycles. The first-order valence-corrected chi connectivity index (χ1v) is 5.82. The predicted octanol–water partition coefficient (Wildman–Crippen LogP) is 2.17. The molecule has 3 heteroatoms. The van der Waals surface area contributed by atoms with Gasteiger partial charge >= 0.3 is 0 Å². The van der Waals surface area contributed by atoms with Gasteiger partial charge in [-0.3, -0.25) is 0 Å². The zero-order valence-electron chi connectivity index (χ0n) is 9.69. The molecule has 2 nitrogen and oxygen atoms in total. The van der Waals surface area contributed by atoms with E-state index in [9.17, 15) is 4.39 Å². The molecule has 0 heterocycles. The van der Waals surface area contributed by atoms with Crippen LogP contribution in [0.4, 0.5) is 10.1 Å². The van der Waals surface area contributed by atoms with E-state index in [2.05, 4.69) is 5.92 Å². The highest BCUT2D eigenvalue weighted by Gasteiger charge is 2.25. The fraction of sp³-hybridized carbons (Fsp3) is 0.429. The number of hydrogen-bond donors (Lipinski definition) is 1. The van der Waals surface area contributed by atoms with Crippen molar-refractivity contribution in [3.8, 4) is 12.3 Å². The monoisotopic (exact) mass is 233 g/mol. The molecule has 0 radical (unpaired) electrons. The normalized spacial score (nSPS) is 14.4. The number of halogens is 1. The van der Waals surface area contributed by atoms with Gasteiger partial charge in [0.1, 0.15) is 5.82 Å². The van der Waals surface area contributed by atoms with Crippen LogP contribution in [-0.2, 0) is 6.61 Å². The Morgan fingerprint density at radius 3 is 2.76 bits per heavy atom. The van der Waals surface area contributed by atoms with E-state index in [1.165, 1.54) is 18.9 Å². The van der Waals surface area contributed by atoms with Gasteiger partial charge in [-0.1, -0.05) is 12.0 Å². The third-order valence-electron chi connectivity index (χ3n) is 2.99. The summed E-state index contributed by atoms with van der Waals surface area (Å²) in [5.41, 5.74) is 1.12. The summed E-state index contributed by atoms with van der Waals surface area (Å²) in [4.78, 5) is 1.90. The number of benzene rings is 1. The minimum atomic E-state index is -0.313. The SMILES string of the molecule is C#CCN(CC1CC1)c1ccc(CO)cc1F. The van der Waals surface area contributed by atoms with E-state index in [0.717, 1.165) is 6.54 Å². The minimum absolute atomic E-state index is 0.144. The minimum Gasteiger partial charge on any atom is -0.392 e. The zero-order chi connectivity index (χ0) is 12.3. The maximum absolute atomic E-state index is 13.9. The average Bonchev–Trinajstić information content (AvgIpc) is 3.12. The quantitative estimate of drug-likeness (QED) is 0.788. The Labute approximate surface area is 101 Å². The van der Waals surface area contributed by atoms with Gasteiger partial charge in [0.05, 0.1) is 18.8 Å². The van der Waals surface area contributed by atoms with Crippen LogP contribution in [0.5, 0.6) is 0 Å². The molecule has 1 aromatic rings. The summed E-state index contributed by atoms with van der Waals surface area (Å²) in [5, 5.41) is 8.94. The lowest BCUT2D eigenvalue weighted by Gasteiger charge is -2.23. The Bertz CT molecular complexity index is 434. The second-order valence-electron chi connectivity index (χ2n) is 4.47. The van der Waals surface area contributed by atoms with Crippen molar-refractivity contribution in [1.29, 1.82) is 0 Å². The summed E-state index contributed by atoms with van der Waals surface area (Å²) in [5.74, 6) is 2.91. The van der Waals surface area contributed by atoms with E-state index < -0.39 is 0 Å². The molecule has 17 heavy (non-hydrogen) atoms. The van der Waals surface area contributed by atoms with E-state index in [1.807, 2.05) is 4.90 Å². The van der Waals surface area contributed by atoms with Crippen molar-refractivity contribution in [3.63, 3.8) is 0 Å². The van der Waals surface area contributed by atoms with Gasteiger partial charge in [-0.05, 0) is 36.5 Å². The highest BCUT2D eigenvalue weighted by Crippen LogP contribution is 2.32. The van der Waals surface area contributed by atoms with Gasteiger partial charge in [-0.15, -0.1) is 6.42 Å². The van der Waals surface area contributed by atoms with Crippen LogP contribution in [-0.4, -0.2) is 18.2 Å². The summed E-state index contributed by atoms with van der Waals surface area (Å²) in [7, 11) is 0. The van der Waals surface area contributed by atoms with Gasteiger partial charge < -0.3 is 10.0 Å². The fourth-order valence-corrected chi connectivity index (χ4v) is 1.88. The van der Waals surface area contributed by atoms with Crippen molar-refractivity contribution in [1.82, 2.24) is 0 Å². The molecule has 0 aromatic heterocycles. The number of aliphatic hydroxyl groups excluding tert-OH is 1. The number of anilines is 1. The fourth-order valence-electron chi connectivity index (χ4n) is 1.88. The van der Waals surface area contributed by atoms with Crippen LogP contribution < -0.4 is 4.90 Å². The molecule has 0 aliphatic heterocycles. The first kappa shape index (κ1) is 11.9. The molecule has 0 atom stereocenters. The Morgan fingerprint density at radius 2 is 2.24 bits per heavy atom. The average molecular weight is 233 g/mol. The number of nitrogens with zero attached hydrogens (tertiary/aromatic N) is 1. The molecule has 1 aromatic carbocycles. The molecule has 0 unspecified atom stereocenters.